The predicted molar refractivity (Wildman–Crippen MR) is 98.4 cm³/mol. The number of ether oxygens (including phenoxy) is 1. The summed E-state index contributed by atoms with van der Waals surface area (Å²) < 4.78 is 34.8. The zero-order chi connectivity index (χ0) is 19.8. The zero-order valence-electron chi connectivity index (χ0n) is 15.5. The average Bonchev–Trinajstić information content (AvgIpc) is 3.30. The van der Waals surface area contributed by atoms with Gasteiger partial charge < -0.3 is 14.5 Å². The number of nitrogens with zero attached hydrogens (tertiary/aromatic N) is 5. The van der Waals surface area contributed by atoms with Crippen LogP contribution in [0.1, 0.15) is 24.4 Å². The second-order valence-electron chi connectivity index (χ2n) is 6.84. The molecule has 9 heteroatoms. The van der Waals surface area contributed by atoms with E-state index in [0.29, 0.717) is 30.0 Å². The molecule has 1 aliphatic rings. The second kappa shape index (κ2) is 7.06. The number of hydrogen-bond acceptors (Lipinski definition) is 5. The third-order valence-corrected chi connectivity index (χ3v) is 4.75. The molecule has 0 saturated carbocycles. The van der Waals surface area contributed by atoms with Gasteiger partial charge in [0.15, 0.2) is 5.75 Å². The van der Waals surface area contributed by atoms with E-state index in [0.717, 1.165) is 18.6 Å². The summed E-state index contributed by atoms with van der Waals surface area (Å²) in [7, 11) is 3.16. The van der Waals surface area contributed by atoms with Gasteiger partial charge >= 0.3 is 6.09 Å². The van der Waals surface area contributed by atoms with Crippen LogP contribution in [0.5, 0.6) is 5.75 Å². The van der Waals surface area contributed by atoms with Gasteiger partial charge in [-0.3, -0.25) is 0 Å². The van der Waals surface area contributed by atoms with Crippen molar-refractivity contribution in [3.63, 3.8) is 0 Å². The van der Waals surface area contributed by atoms with Gasteiger partial charge in [-0.15, -0.1) is 0 Å². The molecule has 0 spiro atoms. The first kappa shape index (κ1) is 18.1. The lowest BCUT2D eigenvalue weighted by molar-refractivity contribution is 0.172. The van der Waals surface area contributed by atoms with Crippen LogP contribution in [0.2, 0.25) is 0 Å². The average molecular weight is 387 g/mol. The molecule has 2 aromatic heterocycles. The van der Waals surface area contributed by atoms with E-state index in [1.54, 1.807) is 26.4 Å². The van der Waals surface area contributed by atoms with Crippen molar-refractivity contribution in [2.75, 3.05) is 25.5 Å². The number of carbonyl (C=O) groups excluding carboxylic acids is 1. The highest BCUT2D eigenvalue weighted by Gasteiger charge is 2.30. The van der Waals surface area contributed by atoms with Crippen molar-refractivity contribution in [2.45, 2.75) is 18.9 Å². The fourth-order valence-electron chi connectivity index (χ4n) is 3.39. The summed E-state index contributed by atoms with van der Waals surface area (Å²) in [5, 5.41) is 4.13. The summed E-state index contributed by atoms with van der Waals surface area (Å²) in [4.78, 5) is 19.7. The van der Waals surface area contributed by atoms with Crippen LogP contribution in [-0.4, -0.2) is 46.2 Å². The maximum Gasteiger partial charge on any atom is 0.414 e. The molecule has 28 heavy (non-hydrogen) atoms. The summed E-state index contributed by atoms with van der Waals surface area (Å²) in [6.07, 6.45) is 4.09. The SMILES string of the molecule is CN(C)C(=O)Oc1cnn2ccc(N3CCC[C@@H]3c3cc(F)ccc3F)nc12. The maximum absolute atomic E-state index is 14.3. The molecule has 1 saturated heterocycles. The highest BCUT2D eigenvalue weighted by molar-refractivity contribution is 5.73. The molecule has 0 bridgehead atoms. The van der Waals surface area contributed by atoms with Crippen LogP contribution in [0.15, 0.2) is 36.7 Å². The first-order valence-corrected chi connectivity index (χ1v) is 8.89. The predicted octanol–water partition coefficient (Wildman–Crippen LogP) is 3.41. The molecule has 7 nitrogen and oxygen atoms in total. The van der Waals surface area contributed by atoms with Crippen molar-refractivity contribution in [3.8, 4) is 5.75 Å². The lowest BCUT2D eigenvalue weighted by Gasteiger charge is -2.26. The van der Waals surface area contributed by atoms with E-state index in [9.17, 15) is 13.6 Å². The van der Waals surface area contributed by atoms with Crippen LogP contribution in [0.3, 0.4) is 0 Å². The topological polar surface area (TPSA) is 63.0 Å². The number of rotatable bonds is 3. The number of halogens is 2. The number of aromatic nitrogens is 3. The Hall–Kier alpha value is -3.23. The van der Waals surface area contributed by atoms with E-state index in [2.05, 4.69) is 10.1 Å². The highest BCUT2D eigenvalue weighted by Crippen LogP contribution is 2.37. The van der Waals surface area contributed by atoms with Crippen LogP contribution in [0.25, 0.3) is 5.65 Å². The fraction of sp³-hybridized carbons (Fsp3) is 0.316. The van der Waals surface area contributed by atoms with Gasteiger partial charge in [-0.1, -0.05) is 0 Å². The Balaban J connectivity index is 1.70. The Morgan fingerprint density at radius 3 is 2.89 bits per heavy atom. The van der Waals surface area contributed by atoms with Crippen molar-refractivity contribution >= 4 is 17.6 Å². The van der Waals surface area contributed by atoms with Gasteiger partial charge in [0.1, 0.15) is 17.5 Å². The molecule has 1 amide bonds. The Kier molecular flexibility index (Phi) is 4.58. The highest BCUT2D eigenvalue weighted by atomic mass is 19.1. The van der Waals surface area contributed by atoms with E-state index in [1.165, 1.54) is 21.7 Å². The summed E-state index contributed by atoms with van der Waals surface area (Å²) in [6, 6.07) is 4.93. The minimum absolute atomic E-state index is 0.230. The van der Waals surface area contributed by atoms with E-state index in [-0.39, 0.29) is 11.8 Å². The Labute approximate surface area is 160 Å². The Bertz CT molecular complexity index is 1040. The molecule has 0 unspecified atom stereocenters. The van der Waals surface area contributed by atoms with Gasteiger partial charge in [-0.05, 0) is 37.1 Å². The van der Waals surface area contributed by atoms with Crippen LogP contribution >= 0.6 is 0 Å². The molecular weight excluding hydrogens is 368 g/mol. The van der Waals surface area contributed by atoms with Gasteiger partial charge in [0.2, 0.25) is 5.65 Å². The van der Waals surface area contributed by atoms with E-state index in [1.807, 2.05) is 4.90 Å². The van der Waals surface area contributed by atoms with Crippen molar-refractivity contribution in [1.82, 2.24) is 19.5 Å². The first-order chi connectivity index (χ1) is 13.4. The third-order valence-electron chi connectivity index (χ3n) is 4.75. The minimum Gasteiger partial charge on any atom is -0.404 e. The van der Waals surface area contributed by atoms with Crippen molar-refractivity contribution in [3.05, 3.63) is 53.9 Å². The number of benzene rings is 1. The molecule has 3 heterocycles. The summed E-state index contributed by atoms with van der Waals surface area (Å²) in [6.45, 7) is 0.657. The van der Waals surface area contributed by atoms with Crippen LogP contribution in [-0.2, 0) is 0 Å². The summed E-state index contributed by atoms with van der Waals surface area (Å²) in [5.41, 5.74) is 0.685. The van der Waals surface area contributed by atoms with Crippen molar-refractivity contribution < 1.29 is 18.3 Å². The lowest BCUT2D eigenvalue weighted by atomic mass is 10.0. The van der Waals surface area contributed by atoms with Crippen LogP contribution < -0.4 is 9.64 Å². The quantitative estimate of drug-likeness (QED) is 0.689. The fourth-order valence-corrected chi connectivity index (χ4v) is 3.39. The minimum atomic E-state index is -0.539. The molecule has 0 aliphatic carbocycles. The molecule has 0 N–H and O–H groups in total. The molecule has 0 radical (unpaired) electrons. The maximum atomic E-state index is 14.3. The van der Waals surface area contributed by atoms with Gasteiger partial charge in [0, 0.05) is 32.4 Å². The normalized spacial score (nSPS) is 16.6. The molecule has 1 fully saturated rings. The molecule has 1 aliphatic heterocycles. The molecule has 4 rings (SSSR count). The van der Waals surface area contributed by atoms with Crippen LogP contribution in [0, 0.1) is 11.6 Å². The third kappa shape index (κ3) is 3.23. The first-order valence-electron chi connectivity index (χ1n) is 8.89. The van der Waals surface area contributed by atoms with E-state index in [4.69, 9.17) is 4.74 Å². The standard InChI is InChI=1S/C19H19F2N5O2/c1-24(2)19(27)28-16-11-22-26-9-7-17(23-18(16)26)25-8-3-4-15(25)13-10-12(20)5-6-14(13)21/h5-7,9-11,15H,3-4,8H2,1-2H3/t15-/m1/s1. The Morgan fingerprint density at radius 2 is 2.11 bits per heavy atom. The Morgan fingerprint density at radius 1 is 1.29 bits per heavy atom. The molecular formula is C19H19F2N5O2. The number of amides is 1. The zero-order valence-corrected chi connectivity index (χ0v) is 15.5. The van der Waals surface area contributed by atoms with Gasteiger partial charge in [-0.25, -0.2) is 23.1 Å². The van der Waals surface area contributed by atoms with E-state index >= 15 is 0 Å². The van der Waals surface area contributed by atoms with Gasteiger partial charge in [0.25, 0.3) is 0 Å². The smallest absolute Gasteiger partial charge is 0.404 e. The number of anilines is 1. The van der Waals surface area contributed by atoms with E-state index < -0.39 is 17.7 Å². The summed E-state index contributed by atoms with van der Waals surface area (Å²) >= 11 is 0. The van der Waals surface area contributed by atoms with Crippen molar-refractivity contribution in [1.29, 1.82) is 0 Å². The largest absolute Gasteiger partial charge is 0.414 e. The molecule has 146 valence electrons. The molecule has 1 atom stereocenters. The molecule has 3 aromatic rings. The summed E-state index contributed by atoms with van der Waals surface area (Å²) in [5.74, 6) is -0.0979. The van der Waals surface area contributed by atoms with Gasteiger partial charge in [0.05, 0.1) is 12.2 Å². The number of fused-ring (bicyclic) bond motifs is 1. The lowest BCUT2D eigenvalue weighted by Crippen LogP contribution is -2.26. The molecule has 1 aromatic carbocycles. The van der Waals surface area contributed by atoms with Crippen molar-refractivity contribution in [2.24, 2.45) is 0 Å². The van der Waals surface area contributed by atoms with Gasteiger partial charge in [-0.2, -0.15) is 5.10 Å². The number of carbonyl (C=O) groups is 1. The van der Waals surface area contributed by atoms with Crippen LogP contribution in [0.4, 0.5) is 19.4 Å². The second-order valence-corrected chi connectivity index (χ2v) is 6.84. The number of hydrogen-bond donors (Lipinski definition) is 0. The monoisotopic (exact) mass is 387 g/mol.